The maximum Gasteiger partial charge on any atom is 0.339 e. The summed E-state index contributed by atoms with van der Waals surface area (Å²) in [5.41, 5.74) is 0.807. The van der Waals surface area contributed by atoms with E-state index in [0.717, 1.165) is 19.3 Å². The fourth-order valence-electron chi connectivity index (χ4n) is 3.81. The van der Waals surface area contributed by atoms with Gasteiger partial charge in [0.25, 0.3) is 0 Å². The quantitative estimate of drug-likeness (QED) is 0.871. The molecule has 0 aromatic heterocycles. The number of rotatable bonds is 3. The maximum absolute atomic E-state index is 12.6. The summed E-state index contributed by atoms with van der Waals surface area (Å²) >= 11 is 0. The summed E-state index contributed by atoms with van der Waals surface area (Å²) in [5, 5.41) is 2.85. The molecule has 2 unspecified atom stereocenters. The van der Waals surface area contributed by atoms with Gasteiger partial charge in [-0.3, -0.25) is 9.59 Å². The first-order chi connectivity index (χ1) is 11.1. The Bertz CT molecular complexity index is 624. The van der Waals surface area contributed by atoms with Gasteiger partial charge in [0, 0.05) is 17.8 Å². The second kappa shape index (κ2) is 6.52. The third-order valence-corrected chi connectivity index (χ3v) is 5.01. The number of esters is 1. The Kier molecular flexibility index (Phi) is 4.46. The molecule has 0 aliphatic heterocycles. The first-order valence-electron chi connectivity index (χ1n) is 8.12. The predicted molar refractivity (Wildman–Crippen MR) is 85.0 cm³/mol. The van der Waals surface area contributed by atoms with Crippen LogP contribution in [0.4, 0.5) is 5.69 Å². The van der Waals surface area contributed by atoms with Gasteiger partial charge in [0.15, 0.2) is 0 Å². The molecule has 1 aromatic rings. The summed E-state index contributed by atoms with van der Waals surface area (Å²) in [7, 11) is 1.31. The van der Waals surface area contributed by atoms with Gasteiger partial charge >= 0.3 is 5.97 Å². The lowest BCUT2D eigenvalue weighted by Gasteiger charge is -2.37. The Balaban J connectivity index is 1.73. The first-order valence-corrected chi connectivity index (χ1v) is 8.12. The zero-order valence-corrected chi connectivity index (χ0v) is 13.2. The van der Waals surface area contributed by atoms with Crippen LogP contribution in [0.2, 0.25) is 0 Å². The molecule has 0 spiro atoms. The molecule has 2 aliphatic rings. The van der Waals surface area contributed by atoms with Gasteiger partial charge < -0.3 is 10.1 Å². The lowest BCUT2D eigenvalue weighted by atomic mass is 9.67. The molecule has 23 heavy (non-hydrogen) atoms. The number of fused-ring (bicyclic) bond motifs is 2. The highest BCUT2D eigenvalue weighted by molar-refractivity contribution is 6.02. The average Bonchev–Trinajstić information content (AvgIpc) is 2.54. The SMILES string of the molecule is COC(=O)c1ccccc1NC(=O)C1CC2CCCC(C1)C2=O. The van der Waals surface area contributed by atoms with Crippen LogP contribution in [0.3, 0.4) is 0 Å². The van der Waals surface area contributed by atoms with Gasteiger partial charge in [-0.1, -0.05) is 18.6 Å². The van der Waals surface area contributed by atoms with Crippen LogP contribution in [0.25, 0.3) is 0 Å². The minimum Gasteiger partial charge on any atom is -0.465 e. The van der Waals surface area contributed by atoms with Gasteiger partial charge in [-0.2, -0.15) is 0 Å². The second-order valence-corrected chi connectivity index (χ2v) is 6.42. The van der Waals surface area contributed by atoms with E-state index in [2.05, 4.69) is 5.32 Å². The highest BCUT2D eigenvalue weighted by atomic mass is 16.5. The lowest BCUT2D eigenvalue weighted by Crippen LogP contribution is -2.40. The van der Waals surface area contributed by atoms with Crippen LogP contribution in [-0.4, -0.2) is 24.8 Å². The van der Waals surface area contributed by atoms with Crippen molar-refractivity contribution in [3.05, 3.63) is 29.8 Å². The number of amides is 1. The number of carbonyl (C=O) groups is 3. The summed E-state index contributed by atoms with van der Waals surface area (Å²) in [5.74, 6) is -0.325. The van der Waals surface area contributed by atoms with Gasteiger partial charge in [-0.05, 0) is 37.8 Å². The average molecular weight is 315 g/mol. The Morgan fingerprint density at radius 2 is 1.78 bits per heavy atom. The smallest absolute Gasteiger partial charge is 0.339 e. The largest absolute Gasteiger partial charge is 0.465 e. The van der Waals surface area contributed by atoms with E-state index in [1.807, 2.05) is 0 Å². The van der Waals surface area contributed by atoms with Gasteiger partial charge in [-0.15, -0.1) is 0 Å². The monoisotopic (exact) mass is 315 g/mol. The molecule has 3 rings (SSSR count). The molecule has 5 nitrogen and oxygen atoms in total. The molecule has 2 saturated carbocycles. The topological polar surface area (TPSA) is 72.5 Å². The van der Waals surface area contributed by atoms with Crippen molar-refractivity contribution in [2.45, 2.75) is 32.1 Å². The van der Waals surface area contributed by atoms with Crippen molar-refractivity contribution in [1.82, 2.24) is 0 Å². The van der Waals surface area contributed by atoms with E-state index >= 15 is 0 Å². The lowest BCUT2D eigenvalue weighted by molar-refractivity contribution is -0.136. The predicted octanol–water partition coefficient (Wildman–Crippen LogP) is 2.81. The zero-order valence-electron chi connectivity index (χ0n) is 13.2. The number of carbonyl (C=O) groups excluding carboxylic acids is 3. The van der Waals surface area contributed by atoms with E-state index in [9.17, 15) is 14.4 Å². The van der Waals surface area contributed by atoms with Crippen LogP contribution in [0.1, 0.15) is 42.5 Å². The van der Waals surface area contributed by atoms with Crippen LogP contribution in [-0.2, 0) is 14.3 Å². The number of para-hydroxylation sites is 1. The molecule has 1 amide bonds. The number of hydrogen-bond donors (Lipinski definition) is 1. The molecule has 2 fully saturated rings. The molecule has 0 radical (unpaired) electrons. The minimum absolute atomic E-state index is 0.0362. The molecule has 1 N–H and O–H groups in total. The van der Waals surface area contributed by atoms with E-state index in [1.54, 1.807) is 24.3 Å². The van der Waals surface area contributed by atoms with Gasteiger partial charge in [0.2, 0.25) is 5.91 Å². The highest BCUT2D eigenvalue weighted by Crippen LogP contribution is 2.40. The van der Waals surface area contributed by atoms with Gasteiger partial charge in [-0.25, -0.2) is 4.79 Å². The maximum atomic E-state index is 12.6. The van der Waals surface area contributed by atoms with Crippen LogP contribution in [0.5, 0.6) is 0 Å². The van der Waals surface area contributed by atoms with Gasteiger partial charge in [0.05, 0.1) is 18.4 Å². The molecule has 0 heterocycles. The molecule has 2 bridgehead atoms. The molecule has 5 heteroatoms. The molecule has 122 valence electrons. The Hall–Kier alpha value is -2.17. The number of methoxy groups -OCH3 is 1. The fourth-order valence-corrected chi connectivity index (χ4v) is 3.81. The zero-order chi connectivity index (χ0) is 16.4. The number of benzene rings is 1. The highest BCUT2D eigenvalue weighted by Gasteiger charge is 2.41. The number of nitrogens with one attached hydrogen (secondary N) is 1. The summed E-state index contributed by atoms with van der Waals surface area (Å²) in [6.07, 6.45) is 4.14. The molecule has 2 aliphatic carbocycles. The Morgan fingerprint density at radius 3 is 2.43 bits per heavy atom. The molecular formula is C18H21NO4. The van der Waals surface area contributed by atoms with Crippen molar-refractivity contribution in [1.29, 1.82) is 0 Å². The van der Waals surface area contributed by atoms with Crippen LogP contribution in [0.15, 0.2) is 24.3 Å². The molecule has 0 saturated heterocycles. The van der Waals surface area contributed by atoms with Crippen molar-refractivity contribution in [2.75, 3.05) is 12.4 Å². The van der Waals surface area contributed by atoms with Crippen molar-refractivity contribution in [3.63, 3.8) is 0 Å². The third kappa shape index (κ3) is 3.14. The summed E-state index contributed by atoms with van der Waals surface area (Å²) < 4.78 is 4.74. The van der Waals surface area contributed by atoms with E-state index in [-0.39, 0.29) is 23.7 Å². The van der Waals surface area contributed by atoms with E-state index in [4.69, 9.17) is 4.74 Å². The number of ketones is 1. The second-order valence-electron chi connectivity index (χ2n) is 6.42. The van der Waals surface area contributed by atoms with E-state index in [1.165, 1.54) is 7.11 Å². The minimum atomic E-state index is -0.475. The summed E-state index contributed by atoms with van der Waals surface area (Å²) in [6.45, 7) is 0. The van der Waals surface area contributed by atoms with Crippen molar-refractivity contribution in [3.8, 4) is 0 Å². The number of hydrogen-bond acceptors (Lipinski definition) is 4. The Labute approximate surface area is 135 Å². The van der Waals surface area contributed by atoms with Crippen molar-refractivity contribution < 1.29 is 19.1 Å². The number of Topliss-reactive ketones (excluding diaryl/α,β-unsaturated/α-hetero) is 1. The molecule has 2 atom stereocenters. The van der Waals surface area contributed by atoms with Crippen LogP contribution >= 0.6 is 0 Å². The normalized spacial score (nSPS) is 26.5. The summed E-state index contributed by atoms with van der Waals surface area (Å²) in [4.78, 5) is 36.5. The van der Waals surface area contributed by atoms with E-state index in [0.29, 0.717) is 29.9 Å². The molecular weight excluding hydrogens is 294 g/mol. The van der Waals surface area contributed by atoms with Crippen molar-refractivity contribution in [2.24, 2.45) is 17.8 Å². The van der Waals surface area contributed by atoms with E-state index < -0.39 is 5.97 Å². The number of anilines is 1. The Morgan fingerprint density at radius 1 is 1.13 bits per heavy atom. The van der Waals surface area contributed by atoms with Crippen LogP contribution < -0.4 is 5.32 Å². The molecule has 1 aromatic carbocycles. The fraction of sp³-hybridized carbons (Fsp3) is 0.500. The van der Waals surface area contributed by atoms with Crippen molar-refractivity contribution >= 4 is 23.3 Å². The van der Waals surface area contributed by atoms with Crippen LogP contribution in [0, 0.1) is 17.8 Å². The first kappa shape index (κ1) is 15.7. The summed E-state index contributed by atoms with van der Waals surface area (Å²) in [6, 6.07) is 6.81. The third-order valence-electron chi connectivity index (χ3n) is 5.01. The standard InChI is InChI=1S/C18H21NO4/c1-23-18(22)14-7-2-3-8-15(14)19-17(21)13-9-11-5-4-6-12(10-13)16(11)20/h2-3,7-8,11-13H,4-6,9-10H2,1H3,(H,19,21). The number of ether oxygens (including phenoxy) is 1. The van der Waals surface area contributed by atoms with Gasteiger partial charge in [0.1, 0.15) is 5.78 Å².